The highest BCUT2D eigenvalue weighted by Crippen LogP contribution is 2.13. The number of amides is 1. The molecule has 1 unspecified atom stereocenters. The Bertz CT molecular complexity index is 177. The zero-order valence-corrected chi connectivity index (χ0v) is 10.2. The molecule has 1 amide bonds. The van der Waals surface area contributed by atoms with Gasteiger partial charge in [0.1, 0.15) is 0 Å². The van der Waals surface area contributed by atoms with Gasteiger partial charge in [-0.25, -0.2) is 0 Å². The van der Waals surface area contributed by atoms with Crippen molar-refractivity contribution in [1.29, 1.82) is 0 Å². The Hall–Kier alpha value is -0.610. The van der Waals surface area contributed by atoms with Crippen molar-refractivity contribution in [1.82, 2.24) is 4.90 Å². The number of carbonyl (C=O) groups excluding carboxylic acids is 1. The Morgan fingerprint density at radius 1 is 1.53 bits per heavy atom. The molecule has 4 nitrogen and oxygen atoms in total. The van der Waals surface area contributed by atoms with Crippen LogP contribution in [0.2, 0.25) is 0 Å². The lowest BCUT2D eigenvalue weighted by molar-refractivity contribution is -0.119. The summed E-state index contributed by atoms with van der Waals surface area (Å²) in [5.74, 6) is 0. The molecule has 1 aliphatic heterocycles. The van der Waals surface area contributed by atoms with Crippen LogP contribution in [0.15, 0.2) is 0 Å². The molecule has 1 N–H and O–H groups in total. The van der Waals surface area contributed by atoms with Crippen molar-refractivity contribution in [3.8, 4) is 0 Å². The summed E-state index contributed by atoms with van der Waals surface area (Å²) in [6.07, 6.45) is 2.80. The van der Waals surface area contributed by atoms with Crippen LogP contribution in [-0.2, 0) is 9.53 Å². The van der Waals surface area contributed by atoms with E-state index < -0.39 is 0 Å². The van der Waals surface area contributed by atoms with Crippen LogP contribution in [0.25, 0.3) is 0 Å². The molecule has 0 aromatic heterocycles. The third-order valence-electron chi connectivity index (χ3n) is 2.38. The van der Waals surface area contributed by atoms with Crippen LogP contribution in [0.3, 0.4) is 0 Å². The van der Waals surface area contributed by atoms with Crippen LogP contribution in [0.1, 0.15) is 33.6 Å². The predicted molar refractivity (Wildman–Crippen MR) is 59.6 cm³/mol. The van der Waals surface area contributed by atoms with Gasteiger partial charge in [0.05, 0.1) is 18.2 Å². The standard InChI is InChI=1S/C6H11NO2.C5H12O/c8-4-6-2-1-3-7(6)5-9;1-5(2,3)6-4/h5-6,8H,1-4H2;1-4H3. The fourth-order valence-corrected chi connectivity index (χ4v) is 1.19. The van der Waals surface area contributed by atoms with E-state index in [1.54, 1.807) is 12.0 Å². The van der Waals surface area contributed by atoms with Gasteiger partial charge in [-0.2, -0.15) is 0 Å². The van der Waals surface area contributed by atoms with Gasteiger partial charge >= 0.3 is 0 Å². The molecule has 0 saturated carbocycles. The molecule has 0 spiro atoms. The zero-order valence-electron chi connectivity index (χ0n) is 10.2. The number of hydrogen-bond donors (Lipinski definition) is 1. The Balaban J connectivity index is 0.000000288. The summed E-state index contributed by atoms with van der Waals surface area (Å²) in [5.41, 5.74) is 0.0417. The first-order valence-electron chi connectivity index (χ1n) is 5.31. The molecule has 1 rings (SSSR count). The quantitative estimate of drug-likeness (QED) is 0.703. The first-order valence-corrected chi connectivity index (χ1v) is 5.31. The topological polar surface area (TPSA) is 49.8 Å². The summed E-state index contributed by atoms with van der Waals surface area (Å²) in [4.78, 5) is 11.8. The van der Waals surface area contributed by atoms with Crippen molar-refractivity contribution in [2.75, 3.05) is 20.3 Å². The number of methoxy groups -OCH3 is 1. The minimum absolute atomic E-state index is 0.0417. The number of nitrogens with zero attached hydrogens (tertiary/aromatic N) is 1. The first kappa shape index (κ1) is 14.4. The molecule has 0 bridgehead atoms. The molecule has 90 valence electrons. The lowest BCUT2D eigenvalue weighted by Gasteiger charge is -2.16. The molecule has 0 aromatic carbocycles. The second-order valence-electron chi connectivity index (χ2n) is 4.64. The van der Waals surface area contributed by atoms with E-state index in [0.29, 0.717) is 0 Å². The molecule has 0 radical (unpaired) electrons. The van der Waals surface area contributed by atoms with Crippen LogP contribution in [0.4, 0.5) is 0 Å². The summed E-state index contributed by atoms with van der Waals surface area (Å²) in [6, 6.07) is 0.0995. The molecular weight excluding hydrogens is 194 g/mol. The Kier molecular flexibility index (Phi) is 6.52. The highest BCUT2D eigenvalue weighted by atomic mass is 16.5. The molecule has 15 heavy (non-hydrogen) atoms. The second kappa shape index (κ2) is 6.80. The average Bonchev–Trinajstić information content (AvgIpc) is 2.64. The maximum atomic E-state index is 10.2. The maximum absolute atomic E-state index is 10.2. The van der Waals surface area contributed by atoms with Crippen LogP contribution in [0.5, 0.6) is 0 Å². The van der Waals surface area contributed by atoms with E-state index in [1.807, 2.05) is 20.8 Å². The van der Waals surface area contributed by atoms with Gasteiger partial charge in [0.2, 0.25) is 6.41 Å². The van der Waals surface area contributed by atoms with Crippen LogP contribution < -0.4 is 0 Å². The van der Waals surface area contributed by atoms with Gasteiger partial charge in [-0.05, 0) is 33.6 Å². The fraction of sp³-hybridized carbons (Fsp3) is 0.909. The largest absolute Gasteiger partial charge is 0.394 e. The fourth-order valence-electron chi connectivity index (χ4n) is 1.19. The maximum Gasteiger partial charge on any atom is 0.210 e. The molecule has 0 aromatic rings. The van der Waals surface area contributed by atoms with E-state index >= 15 is 0 Å². The predicted octanol–water partition coefficient (Wildman–Crippen LogP) is 1.03. The molecule has 1 saturated heterocycles. The van der Waals surface area contributed by atoms with Crippen molar-refractivity contribution in [2.24, 2.45) is 0 Å². The van der Waals surface area contributed by atoms with Gasteiger partial charge in [-0.15, -0.1) is 0 Å². The highest BCUT2D eigenvalue weighted by Gasteiger charge is 2.21. The first-order chi connectivity index (χ1) is 6.94. The molecule has 1 atom stereocenters. The average molecular weight is 217 g/mol. The van der Waals surface area contributed by atoms with Gasteiger partial charge in [-0.1, -0.05) is 0 Å². The Labute approximate surface area is 92.2 Å². The van der Waals surface area contributed by atoms with Crippen molar-refractivity contribution >= 4 is 6.41 Å². The number of rotatable bonds is 2. The highest BCUT2D eigenvalue weighted by molar-refractivity contribution is 5.48. The lowest BCUT2D eigenvalue weighted by Crippen LogP contribution is -2.30. The van der Waals surface area contributed by atoms with Crippen molar-refractivity contribution in [2.45, 2.75) is 45.3 Å². The number of likely N-dealkylation sites (tertiary alicyclic amines) is 1. The van der Waals surface area contributed by atoms with Crippen molar-refractivity contribution in [3.63, 3.8) is 0 Å². The van der Waals surface area contributed by atoms with Gasteiger partial charge in [0.25, 0.3) is 0 Å². The normalized spacial score (nSPS) is 20.9. The van der Waals surface area contributed by atoms with Gasteiger partial charge in [-0.3, -0.25) is 4.79 Å². The van der Waals surface area contributed by atoms with E-state index in [0.717, 1.165) is 25.8 Å². The lowest BCUT2D eigenvalue weighted by atomic mass is 10.2. The molecule has 4 heteroatoms. The summed E-state index contributed by atoms with van der Waals surface area (Å²) in [6.45, 7) is 6.99. The third kappa shape index (κ3) is 6.47. The molecule has 1 aliphatic rings. The summed E-state index contributed by atoms with van der Waals surface area (Å²) in [7, 11) is 1.71. The number of aliphatic hydroxyl groups is 1. The minimum atomic E-state index is 0.0417. The Morgan fingerprint density at radius 2 is 2.07 bits per heavy atom. The summed E-state index contributed by atoms with van der Waals surface area (Å²) in [5, 5.41) is 8.67. The smallest absolute Gasteiger partial charge is 0.210 e. The van der Waals surface area contributed by atoms with Gasteiger partial charge < -0.3 is 14.7 Å². The molecule has 1 fully saturated rings. The van der Waals surface area contributed by atoms with Crippen molar-refractivity contribution in [3.05, 3.63) is 0 Å². The van der Waals surface area contributed by atoms with Crippen LogP contribution in [-0.4, -0.2) is 48.3 Å². The van der Waals surface area contributed by atoms with Crippen LogP contribution >= 0.6 is 0 Å². The number of hydrogen-bond acceptors (Lipinski definition) is 3. The van der Waals surface area contributed by atoms with E-state index in [4.69, 9.17) is 9.84 Å². The van der Waals surface area contributed by atoms with E-state index in [1.165, 1.54) is 0 Å². The number of ether oxygens (including phenoxy) is 1. The molecule has 0 aliphatic carbocycles. The van der Waals surface area contributed by atoms with E-state index in [9.17, 15) is 4.79 Å². The summed E-state index contributed by atoms with van der Waals surface area (Å²) >= 11 is 0. The van der Waals surface area contributed by atoms with E-state index in [2.05, 4.69) is 0 Å². The van der Waals surface area contributed by atoms with Gasteiger partial charge in [0.15, 0.2) is 0 Å². The third-order valence-corrected chi connectivity index (χ3v) is 2.38. The summed E-state index contributed by atoms with van der Waals surface area (Å²) < 4.78 is 4.94. The van der Waals surface area contributed by atoms with Crippen molar-refractivity contribution < 1.29 is 14.6 Å². The van der Waals surface area contributed by atoms with Gasteiger partial charge in [0, 0.05) is 13.7 Å². The SMILES string of the molecule is COC(C)(C)C.O=CN1CCCC1CO. The second-order valence-corrected chi connectivity index (χ2v) is 4.64. The molecular formula is C11H23NO3. The minimum Gasteiger partial charge on any atom is -0.394 e. The number of carbonyl (C=O) groups is 1. The Morgan fingerprint density at radius 3 is 2.33 bits per heavy atom. The van der Waals surface area contributed by atoms with E-state index in [-0.39, 0.29) is 18.2 Å². The molecule has 1 heterocycles. The zero-order chi connectivity index (χ0) is 11.9. The van der Waals surface area contributed by atoms with Crippen LogP contribution in [0, 0.1) is 0 Å². The number of aliphatic hydroxyl groups excluding tert-OH is 1. The monoisotopic (exact) mass is 217 g/mol.